The predicted molar refractivity (Wildman–Crippen MR) is 94.9 cm³/mol. The minimum absolute atomic E-state index is 0.0633. The number of thioether (sulfide) groups is 1. The number of benzene rings is 2. The van der Waals surface area contributed by atoms with Gasteiger partial charge in [-0.2, -0.15) is 0 Å². The molecular formula is C18H18FN3OS. The van der Waals surface area contributed by atoms with E-state index in [-0.39, 0.29) is 11.7 Å². The zero-order chi connectivity index (χ0) is 16.9. The van der Waals surface area contributed by atoms with Crippen LogP contribution in [0.5, 0.6) is 0 Å². The second kappa shape index (κ2) is 7.49. The van der Waals surface area contributed by atoms with Gasteiger partial charge in [0.15, 0.2) is 0 Å². The number of nitrogens with zero attached hydrogens (tertiary/aromatic N) is 1. The molecule has 0 bridgehead atoms. The van der Waals surface area contributed by atoms with E-state index in [0.29, 0.717) is 24.0 Å². The summed E-state index contributed by atoms with van der Waals surface area (Å²) in [6.07, 6.45) is 3.41. The van der Waals surface area contributed by atoms with Crippen LogP contribution in [-0.4, -0.2) is 28.7 Å². The summed E-state index contributed by atoms with van der Waals surface area (Å²) in [7, 11) is 0. The fourth-order valence-electron chi connectivity index (χ4n) is 2.54. The number of amides is 1. The number of hydrogen-bond acceptors (Lipinski definition) is 3. The molecule has 0 spiro atoms. The highest BCUT2D eigenvalue weighted by molar-refractivity contribution is 7.98. The Kier molecular flexibility index (Phi) is 5.15. The maximum absolute atomic E-state index is 13.2. The lowest BCUT2D eigenvalue weighted by atomic mass is 10.2. The molecule has 24 heavy (non-hydrogen) atoms. The molecule has 3 rings (SSSR count). The summed E-state index contributed by atoms with van der Waals surface area (Å²) in [5.41, 5.74) is 2.15. The van der Waals surface area contributed by atoms with Gasteiger partial charge in [-0.1, -0.05) is 12.1 Å². The number of imidazole rings is 1. The average molecular weight is 343 g/mol. The lowest BCUT2D eigenvalue weighted by molar-refractivity contribution is 0.0950. The zero-order valence-corrected chi connectivity index (χ0v) is 14.1. The Morgan fingerprint density at radius 2 is 2.12 bits per heavy atom. The number of rotatable bonds is 6. The van der Waals surface area contributed by atoms with Gasteiger partial charge in [0.2, 0.25) is 0 Å². The highest BCUT2D eigenvalue weighted by Gasteiger charge is 2.09. The summed E-state index contributed by atoms with van der Waals surface area (Å²) < 4.78 is 13.2. The second-order valence-corrected chi connectivity index (χ2v) is 6.25. The number of hydrogen-bond donors (Lipinski definition) is 2. The molecule has 0 aliphatic rings. The van der Waals surface area contributed by atoms with Crippen molar-refractivity contribution >= 4 is 28.7 Å². The molecule has 0 radical (unpaired) electrons. The van der Waals surface area contributed by atoms with Crippen LogP contribution in [0, 0.1) is 5.82 Å². The highest BCUT2D eigenvalue weighted by Crippen LogP contribution is 2.19. The monoisotopic (exact) mass is 343 g/mol. The second-order valence-electron chi connectivity index (χ2n) is 5.40. The van der Waals surface area contributed by atoms with Gasteiger partial charge in [0, 0.05) is 17.9 Å². The summed E-state index contributed by atoms with van der Waals surface area (Å²) in [6.45, 7) is 0.562. The van der Waals surface area contributed by atoms with Crippen LogP contribution in [-0.2, 0) is 6.42 Å². The number of carbonyl (C=O) groups is 1. The summed E-state index contributed by atoms with van der Waals surface area (Å²) in [5.74, 6) is 0.457. The minimum Gasteiger partial charge on any atom is -0.352 e. The van der Waals surface area contributed by atoms with E-state index in [1.165, 1.54) is 12.1 Å². The van der Waals surface area contributed by atoms with Gasteiger partial charge in [-0.15, -0.1) is 11.8 Å². The van der Waals surface area contributed by atoms with Gasteiger partial charge in [0.05, 0.1) is 16.6 Å². The number of fused-ring (bicyclic) bond motifs is 1. The Morgan fingerprint density at radius 3 is 2.96 bits per heavy atom. The molecule has 0 saturated carbocycles. The highest BCUT2D eigenvalue weighted by atomic mass is 32.2. The SMILES string of the molecule is CSc1ccccc1C(=O)NCCCc1nc2ccc(F)cc2[nH]1. The van der Waals surface area contributed by atoms with Crippen molar-refractivity contribution in [2.45, 2.75) is 17.7 Å². The van der Waals surface area contributed by atoms with Gasteiger partial charge >= 0.3 is 0 Å². The number of nitrogens with one attached hydrogen (secondary N) is 2. The van der Waals surface area contributed by atoms with Crippen LogP contribution in [0.25, 0.3) is 11.0 Å². The van der Waals surface area contributed by atoms with Crippen LogP contribution >= 0.6 is 11.8 Å². The fraction of sp³-hybridized carbons (Fsp3) is 0.222. The van der Waals surface area contributed by atoms with Gasteiger partial charge in [0.1, 0.15) is 11.6 Å². The first-order valence-corrected chi connectivity index (χ1v) is 8.95. The molecule has 2 aromatic carbocycles. The predicted octanol–water partition coefficient (Wildman–Crippen LogP) is 3.79. The molecule has 2 N–H and O–H groups in total. The topological polar surface area (TPSA) is 57.8 Å². The largest absolute Gasteiger partial charge is 0.352 e. The summed E-state index contributed by atoms with van der Waals surface area (Å²) in [4.78, 5) is 20.7. The van der Waals surface area contributed by atoms with Gasteiger partial charge in [-0.05, 0) is 43.0 Å². The quantitative estimate of drug-likeness (QED) is 0.529. The molecule has 1 aromatic heterocycles. The lowest BCUT2D eigenvalue weighted by Gasteiger charge is -2.08. The van der Waals surface area contributed by atoms with Gasteiger partial charge in [-0.3, -0.25) is 4.79 Å². The number of aryl methyl sites for hydroxylation is 1. The van der Waals surface area contributed by atoms with Crippen LogP contribution < -0.4 is 5.32 Å². The molecule has 0 aliphatic carbocycles. The standard InChI is InChI=1S/C18H18FN3OS/c1-24-16-6-3-2-5-13(16)18(23)20-10-4-7-17-21-14-9-8-12(19)11-15(14)22-17/h2-3,5-6,8-9,11H,4,7,10H2,1H3,(H,20,23)(H,21,22). The van der Waals surface area contributed by atoms with Crippen LogP contribution in [0.15, 0.2) is 47.4 Å². The van der Waals surface area contributed by atoms with E-state index in [1.54, 1.807) is 17.8 Å². The molecule has 3 aromatic rings. The maximum Gasteiger partial charge on any atom is 0.252 e. The summed E-state index contributed by atoms with van der Waals surface area (Å²) in [6, 6.07) is 12.0. The normalized spacial score (nSPS) is 10.9. The first-order chi connectivity index (χ1) is 11.7. The smallest absolute Gasteiger partial charge is 0.252 e. The van der Waals surface area contributed by atoms with E-state index in [4.69, 9.17) is 0 Å². The van der Waals surface area contributed by atoms with Crippen molar-refractivity contribution < 1.29 is 9.18 Å². The van der Waals surface area contributed by atoms with Crippen molar-refractivity contribution in [2.24, 2.45) is 0 Å². The van der Waals surface area contributed by atoms with Crippen LogP contribution in [0.3, 0.4) is 0 Å². The number of halogens is 1. The van der Waals surface area contributed by atoms with Crippen molar-refractivity contribution in [1.82, 2.24) is 15.3 Å². The third-order valence-corrected chi connectivity index (χ3v) is 4.52. The molecule has 0 aliphatic heterocycles. The number of carbonyl (C=O) groups excluding carboxylic acids is 1. The first kappa shape index (κ1) is 16.5. The maximum atomic E-state index is 13.2. The van der Waals surface area contributed by atoms with E-state index in [2.05, 4.69) is 15.3 Å². The van der Waals surface area contributed by atoms with E-state index >= 15 is 0 Å². The third kappa shape index (κ3) is 3.76. The van der Waals surface area contributed by atoms with Gasteiger partial charge in [0.25, 0.3) is 5.91 Å². The molecule has 0 saturated heterocycles. The molecular weight excluding hydrogens is 325 g/mol. The van der Waals surface area contributed by atoms with Crippen LogP contribution in [0.4, 0.5) is 4.39 Å². The molecule has 0 atom stereocenters. The van der Waals surface area contributed by atoms with E-state index in [9.17, 15) is 9.18 Å². The number of aromatic amines is 1. The molecule has 4 nitrogen and oxygen atoms in total. The van der Waals surface area contributed by atoms with Crippen molar-refractivity contribution in [3.8, 4) is 0 Å². The fourth-order valence-corrected chi connectivity index (χ4v) is 3.13. The third-order valence-electron chi connectivity index (χ3n) is 3.72. The van der Waals surface area contributed by atoms with Crippen LogP contribution in [0.2, 0.25) is 0 Å². The lowest BCUT2D eigenvalue weighted by Crippen LogP contribution is -2.25. The Bertz CT molecular complexity index is 862. The first-order valence-electron chi connectivity index (χ1n) is 7.73. The van der Waals surface area contributed by atoms with Crippen LogP contribution in [0.1, 0.15) is 22.6 Å². The molecule has 0 fully saturated rings. The van der Waals surface area contributed by atoms with E-state index in [0.717, 1.165) is 22.7 Å². The Labute approximate surface area is 143 Å². The molecule has 1 heterocycles. The minimum atomic E-state index is -0.280. The molecule has 1 amide bonds. The summed E-state index contributed by atoms with van der Waals surface area (Å²) in [5, 5.41) is 2.93. The summed E-state index contributed by atoms with van der Waals surface area (Å²) >= 11 is 1.56. The van der Waals surface area contributed by atoms with E-state index < -0.39 is 0 Å². The van der Waals surface area contributed by atoms with E-state index in [1.807, 2.05) is 30.5 Å². The average Bonchev–Trinajstić information content (AvgIpc) is 3.00. The van der Waals surface area contributed by atoms with Gasteiger partial charge < -0.3 is 10.3 Å². The van der Waals surface area contributed by atoms with Crippen molar-refractivity contribution in [1.29, 1.82) is 0 Å². The molecule has 124 valence electrons. The Morgan fingerprint density at radius 1 is 1.29 bits per heavy atom. The Hall–Kier alpha value is -2.34. The zero-order valence-electron chi connectivity index (χ0n) is 13.3. The molecule has 6 heteroatoms. The van der Waals surface area contributed by atoms with Crippen molar-refractivity contribution in [3.63, 3.8) is 0 Å². The number of H-pyrrole nitrogens is 1. The number of aromatic nitrogens is 2. The van der Waals surface area contributed by atoms with Crippen molar-refractivity contribution in [3.05, 3.63) is 59.7 Å². The van der Waals surface area contributed by atoms with Crippen molar-refractivity contribution in [2.75, 3.05) is 12.8 Å². The Balaban J connectivity index is 1.53. The van der Waals surface area contributed by atoms with Gasteiger partial charge in [-0.25, -0.2) is 9.37 Å². The molecule has 0 unspecified atom stereocenters.